The molecule has 0 radical (unpaired) electrons. The fraction of sp³-hybridized carbons (Fsp3) is 0.273. The number of rotatable bonds is 5. The van der Waals surface area contributed by atoms with Crippen LogP contribution in [-0.2, 0) is 11.2 Å². The predicted molar refractivity (Wildman–Crippen MR) is 69.7 cm³/mol. The second-order valence-corrected chi connectivity index (χ2v) is 5.53. The van der Waals surface area contributed by atoms with Crippen LogP contribution in [-0.4, -0.2) is 23.9 Å². The molecule has 6 heteroatoms. The second-order valence-electron chi connectivity index (χ2n) is 3.31. The average molecular weight is 315 g/mol. The maximum Gasteiger partial charge on any atom is 0.300 e. The second kappa shape index (κ2) is 6.09. The van der Waals surface area contributed by atoms with Crippen molar-refractivity contribution in [3.63, 3.8) is 0 Å². The number of ether oxygens (including phenoxy) is 2. The quantitative estimate of drug-likeness (QED) is 0.849. The van der Waals surface area contributed by atoms with Crippen LogP contribution in [0, 0.1) is 0 Å². The number of methoxy groups -OCH3 is 1. The highest BCUT2D eigenvalue weighted by atomic mass is 79.9. The Morgan fingerprint density at radius 2 is 2.00 bits per heavy atom. The number of aromatic nitrogens is 2. The topological polar surface area (TPSA) is 44.2 Å². The molecule has 1 aromatic heterocycles. The molecule has 0 N–H and O–H groups in total. The maximum atomic E-state index is 5.54. The molecule has 2 rings (SSSR count). The zero-order chi connectivity index (χ0) is 12.1. The Morgan fingerprint density at radius 3 is 2.59 bits per heavy atom. The normalized spacial score (nSPS) is 10.5. The van der Waals surface area contributed by atoms with E-state index in [9.17, 15) is 0 Å². The van der Waals surface area contributed by atoms with Gasteiger partial charge in [0.1, 0.15) is 5.75 Å². The Kier molecular flexibility index (Phi) is 4.47. The van der Waals surface area contributed by atoms with Crippen molar-refractivity contribution in [3.8, 4) is 10.9 Å². The average Bonchev–Trinajstić information content (AvgIpc) is 2.74. The van der Waals surface area contributed by atoms with Gasteiger partial charge in [0.15, 0.2) is 3.92 Å². The molecule has 1 heterocycles. The van der Waals surface area contributed by atoms with Crippen molar-refractivity contribution in [1.82, 2.24) is 10.2 Å². The van der Waals surface area contributed by atoms with Gasteiger partial charge < -0.3 is 9.47 Å². The molecule has 0 amide bonds. The molecule has 90 valence electrons. The van der Waals surface area contributed by atoms with Crippen LogP contribution in [0.15, 0.2) is 28.2 Å². The van der Waals surface area contributed by atoms with Crippen LogP contribution in [0.2, 0.25) is 0 Å². The van der Waals surface area contributed by atoms with Crippen molar-refractivity contribution >= 4 is 27.3 Å². The van der Waals surface area contributed by atoms with Crippen molar-refractivity contribution in [2.75, 3.05) is 13.7 Å². The predicted octanol–water partition coefficient (Wildman–Crippen LogP) is 3.28. The molecular weight excluding hydrogens is 304 g/mol. The minimum absolute atomic E-state index is 0.529. The van der Waals surface area contributed by atoms with Gasteiger partial charge in [-0.25, -0.2) is 0 Å². The number of benzene rings is 1. The van der Waals surface area contributed by atoms with E-state index in [0.29, 0.717) is 9.11 Å². The highest BCUT2D eigenvalue weighted by Gasteiger charge is 2.03. The third-order valence-electron chi connectivity index (χ3n) is 2.11. The lowest BCUT2D eigenvalue weighted by Crippen LogP contribution is -1.94. The SMILES string of the molecule is COCCc1ccc(Oc2nnc(Br)s2)cc1. The minimum Gasteiger partial charge on any atom is -0.430 e. The molecule has 0 atom stereocenters. The summed E-state index contributed by atoms with van der Waals surface area (Å²) in [6.45, 7) is 0.726. The summed E-state index contributed by atoms with van der Waals surface area (Å²) < 4.78 is 11.3. The molecule has 0 spiro atoms. The van der Waals surface area contributed by atoms with Crippen LogP contribution in [0.25, 0.3) is 0 Å². The van der Waals surface area contributed by atoms with Gasteiger partial charge in [0.2, 0.25) is 0 Å². The Hall–Kier alpha value is -0.980. The van der Waals surface area contributed by atoms with Crippen LogP contribution in [0.4, 0.5) is 0 Å². The molecule has 2 aromatic rings. The fourth-order valence-corrected chi connectivity index (χ4v) is 2.22. The fourth-order valence-electron chi connectivity index (χ4n) is 1.28. The molecule has 4 nitrogen and oxygen atoms in total. The number of hydrogen-bond acceptors (Lipinski definition) is 5. The summed E-state index contributed by atoms with van der Waals surface area (Å²) in [4.78, 5) is 0. The summed E-state index contributed by atoms with van der Waals surface area (Å²) in [5, 5.41) is 8.21. The highest BCUT2D eigenvalue weighted by Crippen LogP contribution is 2.27. The highest BCUT2D eigenvalue weighted by molar-refractivity contribution is 9.11. The molecule has 0 aliphatic carbocycles. The Labute approximate surface area is 112 Å². The molecule has 0 aliphatic heterocycles. The van der Waals surface area contributed by atoms with Gasteiger partial charge in [0, 0.05) is 7.11 Å². The number of halogens is 1. The van der Waals surface area contributed by atoms with E-state index in [1.807, 2.05) is 24.3 Å². The maximum absolute atomic E-state index is 5.54. The lowest BCUT2D eigenvalue weighted by molar-refractivity contribution is 0.202. The lowest BCUT2D eigenvalue weighted by Gasteiger charge is -2.03. The molecular formula is C11H11BrN2O2S. The van der Waals surface area contributed by atoms with E-state index in [-0.39, 0.29) is 0 Å². The van der Waals surface area contributed by atoms with Crippen molar-refractivity contribution in [2.24, 2.45) is 0 Å². The molecule has 1 aromatic carbocycles. The zero-order valence-electron chi connectivity index (χ0n) is 9.22. The van der Waals surface area contributed by atoms with Crippen LogP contribution >= 0.6 is 27.3 Å². The zero-order valence-corrected chi connectivity index (χ0v) is 11.6. The summed E-state index contributed by atoms with van der Waals surface area (Å²) in [5.41, 5.74) is 1.22. The third kappa shape index (κ3) is 3.76. The first-order valence-corrected chi connectivity index (χ1v) is 6.63. The van der Waals surface area contributed by atoms with E-state index >= 15 is 0 Å². The van der Waals surface area contributed by atoms with Gasteiger partial charge in [-0.05, 0) is 51.4 Å². The van der Waals surface area contributed by atoms with Crippen LogP contribution in [0.1, 0.15) is 5.56 Å². The van der Waals surface area contributed by atoms with Crippen LogP contribution in [0.3, 0.4) is 0 Å². The van der Waals surface area contributed by atoms with Crippen molar-refractivity contribution < 1.29 is 9.47 Å². The summed E-state index contributed by atoms with van der Waals surface area (Å²) in [6, 6.07) is 7.87. The molecule has 0 unspecified atom stereocenters. The Morgan fingerprint density at radius 1 is 1.24 bits per heavy atom. The first-order chi connectivity index (χ1) is 8.28. The number of hydrogen-bond donors (Lipinski definition) is 0. The van der Waals surface area contributed by atoms with Crippen LogP contribution in [0.5, 0.6) is 10.9 Å². The van der Waals surface area contributed by atoms with Gasteiger partial charge in [-0.1, -0.05) is 17.2 Å². The van der Waals surface area contributed by atoms with E-state index in [1.54, 1.807) is 7.11 Å². The van der Waals surface area contributed by atoms with Crippen molar-refractivity contribution in [2.45, 2.75) is 6.42 Å². The van der Waals surface area contributed by atoms with Crippen LogP contribution < -0.4 is 4.74 Å². The van der Waals surface area contributed by atoms with E-state index in [0.717, 1.165) is 18.8 Å². The first kappa shape index (κ1) is 12.5. The molecule has 0 saturated heterocycles. The van der Waals surface area contributed by atoms with E-state index in [4.69, 9.17) is 9.47 Å². The summed E-state index contributed by atoms with van der Waals surface area (Å²) in [7, 11) is 1.70. The lowest BCUT2D eigenvalue weighted by atomic mass is 10.1. The minimum atomic E-state index is 0.529. The van der Waals surface area contributed by atoms with Gasteiger partial charge in [0.25, 0.3) is 5.19 Å². The van der Waals surface area contributed by atoms with Gasteiger partial charge in [0.05, 0.1) is 6.61 Å². The summed E-state index contributed by atoms with van der Waals surface area (Å²) in [6.07, 6.45) is 0.904. The van der Waals surface area contributed by atoms with Crippen molar-refractivity contribution in [3.05, 3.63) is 33.7 Å². The third-order valence-corrected chi connectivity index (χ3v) is 3.34. The summed E-state index contributed by atoms with van der Waals surface area (Å²) in [5.74, 6) is 0.759. The van der Waals surface area contributed by atoms with E-state index < -0.39 is 0 Å². The molecule has 0 aliphatic rings. The molecule has 0 fully saturated rings. The summed E-state index contributed by atoms with van der Waals surface area (Å²) >= 11 is 4.59. The molecule has 0 bridgehead atoms. The van der Waals surface area contributed by atoms with Gasteiger partial charge in [-0.2, -0.15) is 0 Å². The largest absolute Gasteiger partial charge is 0.430 e. The Balaban J connectivity index is 1.98. The van der Waals surface area contributed by atoms with Crippen molar-refractivity contribution in [1.29, 1.82) is 0 Å². The van der Waals surface area contributed by atoms with E-state index in [1.165, 1.54) is 16.9 Å². The van der Waals surface area contributed by atoms with Gasteiger partial charge in [-0.15, -0.1) is 5.10 Å². The Bertz CT molecular complexity index is 473. The van der Waals surface area contributed by atoms with Gasteiger partial charge >= 0.3 is 0 Å². The molecule has 0 saturated carbocycles. The van der Waals surface area contributed by atoms with Gasteiger partial charge in [-0.3, -0.25) is 0 Å². The standard InChI is InChI=1S/C11H11BrN2O2S/c1-15-7-6-8-2-4-9(5-3-8)16-11-14-13-10(12)17-11/h2-5H,6-7H2,1H3. The van der Waals surface area contributed by atoms with E-state index in [2.05, 4.69) is 26.1 Å². The number of nitrogens with zero attached hydrogens (tertiary/aromatic N) is 2. The first-order valence-electron chi connectivity index (χ1n) is 5.02. The monoisotopic (exact) mass is 314 g/mol. The molecule has 17 heavy (non-hydrogen) atoms. The smallest absolute Gasteiger partial charge is 0.300 e.